The number of aryl methyl sites for hydroxylation is 3. The molecule has 0 aromatic heterocycles. The molecule has 0 spiro atoms. The van der Waals surface area contributed by atoms with Gasteiger partial charge in [-0.15, -0.1) is 0 Å². The first kappa shape index (κ1) is 13.0. The molecule has 0 saturated carbocycles. The third-order valence-electron chi connectivity index (χ3n) is 2.68. The SMILES string of the molecule is CCOc1c(C)cc(C)cc1CCCCN. The highest BCUT2D eigenvalue weighted by Gasteiger charge is 2.07. The van der Waals surface area contributed by atoms with Crippen LogP contribution in [0.15, 0.2) is 12.1 Å². The lowest BCUT2D eigenvalue weighted by Gasteiger charge is -2.14. The quantitative estimate of drug-likeness (QED) is 0.749. The second-order valence-corrected chi connectivity index (χ2v) is 4.25. The Hall–Kier alpha value is -1.02. The number of hydrogen-bond acceptors (Lipinski definition) is 2. The molecule has 2 nitrogen and oxygen atoms in total. The van der Waals surface area contributed by atoms with Crippen LogP contribution in [0, 0.1) is 13.8 Å². The molecule has 0 saturated heterocycles. The molecule has 0 aliphatic carbocycles. The van der Waals surface area contributed by atoms with Gasteiger partial charge in [0.1, 0.15) is 5.75 Å². The Morgan fingerprint density at radius 1 is 1.19 bits per heavy atom. The van der Waals surface area contributed by atoms with Crippen molar-refractivity contribution in [3.63, 3.8) is 0 Å². The van der Waals surface area contributed by atoms with Crippen LogP contribution in [0.4, 0.5) is 0 Å². The van der Waals surface area contributed by atoms with Crippen LogP contribution in [-0.4, -0.2) is 13.2 Å². The molecule has 0 aliphatic rings. The maximum atomic E-state index is 5.72. The van der Waals surface area contributed by atoms with E-state index in [1.807, 2.05) is 6.92 Å². The van der Waals surface area contributed by atoms with Gasteiger partial charge in [-0.05, 0) is 57.7 Å². The Kier molecular flexibility index (Phi) is 5.33. The van der Waals surface area contributed by atoms with Gasteiger partial charge >= 0.3 is 0 Å². The van der Waals surface area contributed by atoms with E-state index < -0.39 is 0 Å². The molecule has 0 aliphatic heterocycles. The summed E-state index contributed by atoms with van der Waals surface area (Å²) in [5.41, 5.74) is 9.39. The van der Waals surface area contributed by atoms with E-state index in [1.54, 1.807) is 0 Å². The summed E-state index contributed by atoms with van der Waals surface area (Å²) in [5.74, 6) is 1.07. The molecular weight excluding hydrogens is 198 g/mol. The minimum atomic E-state index is 0.730. The number of hydrogen-bond donors (Lipinski definition) is 1. The number of rotatable bonds is 6. The fraction of sp³-hybridized carbons (Fsp3) is 0.571. The zero-order valence-corrected chi connectivity index (χ0v) is 10.7. The highest BCUT2D eigenvalue weighted by atomic mass is 16.5. The van der Waals surface area contributed by atoms with E-state index in [0.717, 1.165) is 38.2 Å². The number of benzene rings is 1. The Bertz CT molecular complexity index is 334. The largest absolute Gasteiger partial charge is 0.493 e. The van der Waals surface area contributed by atoms with Crippen molar-refractivity contribution in [2.45, 2.75) is 40.0 Å². The van der Waals surface area contributed by atoms with Gasteiger partial charge in [0.25, 0.3) is 0 Å². The fourth-order valence-corrected chi connectivity index (χ4v) is 2.04. The lowest BCUT2D eigenvalue weighted by Crippen LogP contribution is -2.02. The Labute approximate surface area is 98.8 Å². The van der Waals surface area contributed by atoms with Gasteiger partial charge in [0, 0.05) is 0 Å². The van der Waals surface area contributed by atoms with E-state index in [-0.39, 0.29) is 0 Å². The molecule has 16 heavy (non-hydrogen) atoms. The van der Waals surface area contributed by atoms with E-state index in [2.05, 4.69) is 26.0 Å². The number of nitrogens with two attached hydrogens (primary N) is 1. The van der Waals surface area contributed by atoms with Crippen LogP contribution in [-0.2, 0) is 6.42 Å². The van der Waals surface area contributed by atoms with Crippen molar-refractivity contribution in [2.24, 2.45) is 5.73 Å². The minimum absolute atomic E-state index is 0.730. The van der Waals surface area contributed by atoms with Crippen LogP contribution >= 0.6 is 0 Å². The lowest BCUT2D eigenvalue weighted by molar-refractivity contribution is 0.333. The third-order valence-corrected chi connectivity index (χ3v) is 2.68. The van der Waals surface area contributed by atoms with E-state index >= 15 is 0 Å². The molecule has 0 radical (unpaired) electrons. The number of ether oxygens (including phenoxy) is 1. The summed E-state index contributed by atoms with van der Waals surface area (Å²) in [6.07, 6.45) is 3.28. The summed E-state index contributed by atoms with van der Waals surface area (Å²) in [6, 6.07) is 4.41. The number of unbranched alkanes of at least 4 members (excludes halogenated alkanes) is 1. The van der Waals surface area contributed by atoms with Crippen LogP contribution in [0.3, 0.4) is 0 Å². The summed E-state index contributed by atoms with van der Waals surface area (Å²) in [4.78, 5) is 0. The first-order valence-electron chi connectivity index (χ1n) is 6.12. The van der Waals surface area contributed by atoms with Crippen molar-refractivity contribution in [1.82, 2.24) is 0 Å². The van der Waals surface area contributed by atoms with Crippen molar-refractivity contribution in [3.8, 4) is 5.75 Å². The first-order chi connectivity index (χ1) is 7.69. The monoisotopic (exact) mass is 221 g/mol. The molecule has 1 aromatic rings. The summed E-state index contributed by atoms with van der Waals surface area (Å²) in [5, 5.41) is 0. The Balaban J connectivity index is 2.85. The van der Waals surface area contributed by atoms with Gasteiger partial charge in [0.2, 0.25) is 0 Å². The van der Waals surface area contributed by atoms with Crippen molar-refractivity contribution in [2.75, 3.05) is 13.2 Å². The first-order valence-corrected chi connectivity index (χ1v) is 6.12. The van der Waals surface area contributed by atoms with Crippen LogP contribution in [0.5, 0.6) is 5.75 Å². The van der Waals surface area contributed by atoms with Gasteiger partial charge < -0.3 is 10.5 Å². The fourth-order valence-electron chi connectivity index (χ4n) is 2.04. The standard InChI is InChI=1S/C14H23NO/c1-4-16-14-12(3)9-11(2)10-13(14)7-5-6-8-15/h9-10H,4-8,15H2,1-3H3. The van der Waals surface area contributed by atoms with Gasteiger partial charge in [-0.25, -0.2) is 0 Å². The molecule has 0 fully saturated rings. The average molecular weight is 221 g/mol. The highest BCUT2D eigenvalue weighted by Crippen LogP contribution is 2.26. The van der Waals surface area contributed by atoms with E-state index in [4.69, 9.17) is 10.5 Å². The normalized spacial score (nSPS) is 10.5. The molecule has 90 valence electrons. The summed E-state index contributed by atoms with van der Waals surface area (Å²) in [6.45, 7) is 7.78. The third kappa shape index (κ3) is 3.53. The van der Waals surface area contributed by atoms with Gasteiger partial charge in [-0.2, -0.15) is 0 Å². The maximum absolute atomic E-state index is 5.72. The summed E-state index contributed by atoms with van der Waals surface area (Å²) < 4.78 is 5.72. The molecule has 2 heteroatoms. The average Bonchev–Trinajstić information content (AvgIpc) is 2.23. The molecule has 0 unspecified atom stereocenters. The summed E-state index contributed by atoms with van der Waals surface area (Å²) >= 11 is 0. The van der Waals surface area contributed by atoms with Gasteiger partial charge in [0.15, 0.2) is 0 Å². The van der Waals surface area contributed by atoms with Gasteiger partial charge in [0.05, 0.1) is 6.61 Å². The van der Waals surface area contributed by atoms with Crippen molar-refractivity contribution < 1.29 is 4.74 Å². The topological polar surface area (TPSA) is 35.2 Å². The maximum Gasteiger partial charge on any atom is 0.125 e. The Morgan fingerprint density at radius 2 is 1.94 bits per heavy atom. The molecule has 0 bridgehead atoms. The van der Waals surface area contributed by atoms with Crippen LogP contribution < -0.4 is 10.5 Å². The second kappa shape index (κ2) is 6.54. The molecule has 1 rings (SSSR count). The van der Waals surface area contributed by atoms with E-state index in [9.17, 15) is 0 Å². The van der Waals surface area contributed by atoms with Crippen molar-refractivity contribution >= 4 is 0 Å². The van der Waals surface area contributed by atoms with E-state index in [0.29, 0.717) is 0 Å². The van der Waals surface area contributed by atoms with Gasteiger partial charge in [-0.1, -0.05) is 17.7 Å². The van der Waals surface area contributed by atoms with Crippen molar-refractivity contribution in [1.29, 1.82) is 0 Å². The molecule has 0 heterocycles. The zero-order chi connectivity index (χ0) is 12.0. The molecule has 0 amide bonds. The Morgan fingerprint density at radius 3 is 2.56 bits per heavy atom. The second-order valence-electron chi connectivity index (χ2n) is 4.25. The van der Waals surface area contributed by atoms with E-state index in [1.165, 1.54) is 16.7 Å². The molecule has 1 aromatic carbocycles. The zero-order valence-electron chi connectivity index (χ0n) is 10.7. The van der Waals surface area contributed by atoms with Gasteiger partial charge in [-0.3, -0.25) is 0 Å². The van der Waals surface area contributed by atoms with Crippen LogP contribution in [0.2, 0.25) is 0 Å². The molecule has 0 atom stereocenters. The summed E-state index contributed by atoms with van der Waals surface area (Å²) in [7, 11) is 0. The highest BCUT2D eigenvalue weighted by molar-refractivity contribution is 5.43. The molecular formula is C14H23NO. The minimum Gasteiger partial charge on any atom is -0.493 e. The predicted octanol–water partition coefficient (Wildman–Crippen LogP) is 2.98. The van der Waals surface area contributed by atoms with Crippen LogP contribution in [0.1, 0.15) is 36.5 Å². The van der Waals surface area contributed by atoms with Crippen molar-refractivity contribution in [3.05, 3.63) is 28.8 Å². The smallest absolute Gasteiger partial charge is 0.125 e. The molecule has 2 N–H and O–H groups in total. The lowest BCUT2D eigenvalue weighted by atomic mass is 10.0. The van der Waals surface area contributed by atoms with Crippen LogP contribution in [0.25, 0.3) is 0 Å². The predicted molar refractivity (Wildman–Crippen MR) is 69.1 cm³/mol.